The highest BCUT2D eigenvalue weighted by molar-refractivity contribution is 6.33. The number of hydrogen-bond acceptors (Lipinski definition) is 5. The molecule has 1 fully saturated rings. The van der Waals surface area contributed by atoms with E-state index >= 15 is 0 Å². The number of benzene rings is 1. The Bertz CT molecular complexity index is 957. The van der Waals surface area contributed by atoms with E-state index in [9.17, 15) is 9.18 Å². The molecule has 2 aromatic heterocycles. The average molecular weight is 402 g/mol. The van der Waals surface area contributed by atoms with Crippen LogP contribution in [-0.4, -0.2) is 50.0 Å². The molecule has 3 aromatic rings. The number of likely N-dealkylation sites (tertiary alicyclic amines) is 1. The Kier molecular flexibility index (Phi) is 5.21. The van der Waals surface area contributed by atoms with E-state index < -0.39 is 5.82 Å². The van der Waals surface area contributed by atoms with Crippen LogP contribution in [0, 0.1) is 5.82 Å². The largest absolute Gasteiger partial charge is 0.473 e. The van der Waals surface area contributed by atoms with Gasteiger partial charge < -0.3 is 9.64 Å². The summed E-state index contributed by atoms with van der Waals surface area (Å²) < 4.78 is 20.7. The Balaban J connectivity index is 1.33. The van der Waals surface area contributed by atoms with Gasteiger partial charge in [-0.3, -0.25) is 4.79 Å². The summed E-state index contributed by atoms with van der Waals surface area (Å²) in [5, 5.41) is 12.4. The first-order valence-corrected chi connectivity index (χ1v) is 9.23. The molecule has 0 bridgehead atoms. The predicted octanol–water partition coefficient (Wildman–Crippen LogP) is 3.14. The number of hydrogen-bond donors (Lipinski definition) is 0. The first kappa shape index (κ1) is 18.4. The Labute approximate surface area is 165 Å². The second-order valence-corrected chi connectivity index (χ2v) is 6.82. The number of piperidine rings is 1. The van der Waals surface area contributed by atoms with Crippen molar-refractivity contribution in [2.75, 3.05) is 13.1 Å². The minimum atomic E-state index is -0.464. The third kappa shape index (κ3) is 3.96. The van der Waals surface area contributed by atoms with Gasteiger partial charge in [0, 0.05) is 44.4 Å². The van der Waals surface area contributed by atoms with Gasteiger partial charge in [0.15, 0.2) is 5.82 Å². The lowest BCUT2D eigenvalue weighted by Gasteiger charge is -2.32. The summed E-state index contributed by atoms with van der Waals surface area (Å²) in [5.41, 5.74) is 0.308. The molecule has 9 heteroatoms. The molecular weight excluding hydrogens is 385 g/mol. The number of amides is 1. The fraction of sp³-hybridized carbons (Fsp3) is 0.263. The Morgan fingerprint density at radius 1 is 1.18 bits per heavy atom. The third-order valence-electron chi connectivity index (χ3n) is 4.54. The summed E-state index contributed by atoms with van der Waals surface area (Å²) in [6.07, 6.45) is 4.71. The van der Waals surface area contributed by atoms with E-state index in [4.69, 9.17) is 16.3 Å². The number of halogens is 2. The maximum Gasteiger partial charge on any atom is 0.255 e. The summed E-state index contributed by atoms with van der Waals surface area (Å²) in [6, 6.07) is 9.14. The maximum atomic E-state index is 13.2. The molecule has 0 N–H and O–H groups in total. The minimum Gasteiger partial charge on any atom is -0.473 e. The number of nitrogens with zero attached hydrogens (tertiary/aromatic N) is 5. The highest BCUT2D eigenvalue weighted by atomic mass is 35.5. The van der Waals surface area contributed by atoms with Crippen LogP contribution >= 0.6 is 11.6 Å². The van der Waals surface area contributed by atoms with Gasteiger partial charge in [0.25, 0.3) is 5.91 Å². The van der Waals surface area contributed by atoms with Crippen LogP contribution in [-0.2, 0) is 0 Å². The molecule has 0 radical (unpaired) electrons. The Hall–Kier alpha value is -3.00. The van der Waals surface area contributed by atoms with Crippen molar-refractivity contribution >= 4 is 17.5 Å². The minimum absolute atomic E-state index is 0.0578. The quantitative estimate of drug-likeness (QED) is 0.671. The number of rotatable bonds is 4. The van der Waals surface area contributed by atoms with Gasteiger partial charge in [-0.25, -0.2) is 9.07 Å². The van der Waals surface area contributed by atoms with E-state index in [0.717, 1.165) is 6.07 Å². The predicted molar refractivity (Wildman–Crippen MR) is 100 cm³/mol. The monoisotopic (exact) mass is 401 g/mol. The van der Waals surface area contributed by atoms with Gasteiger partial charge in [0.1, 0.15) is 11.9 Å². The van der Waals surface area contributed by atoms with Gasteiger partial charge in [-0.2, -0.15) is 5.10 Å². The lowest BCUT2D eigenvalue weighted by atomic mass is 10.1. The van der Waals surface area contributed by atoms with Crippen molar-refractivity contribution in [3.05, 3.63) is 65.2 Å². The van der Waals surface area contributed by atoms with Crippen LogP contribution in [0.15, 0.2) is 48.8 Å². The third-order valence-corrected chi connectivity index (χ3v) is 4.86. The van der Waals surface area contributed by atoms with Crippen LogP contribution in [0.5, 0.6) is 5.88 Å². The molecule has 1 aliphatic rings. The maximum absolute atomic E-state index is 13.2. The van der Waals surface area contributed by atoms with Crippen molar-refractivity contribution in [1.82, 2.24) is 24.9 Å². The van der Waals surface area contributed by atoms with E-state index in [1.165, 1.54) is 12.1 Å². The molecule has 0 unspecified atom stereocenters. The lowest BCUT2D eigenvalue weighted by Crippen LogP contribution is -2.42. The second-order valence-electron chi connectivity index (χ2n) is 6.41. The second kappa shape index (κ2) is 7.93. The lowest BCUT2D eigenvalue weighted by molar-refractivity contribution is 0.0586. The first-order chi connectivity index (χ1) is 13.6. The molecule has 0 aliphatic carbocycles. The van der Waals surface area contributed by atoms with Crippen LogP contribution in [0.1, 0.15) is 23.2 Å². The van der Waals surface area contributed by atoms with Gasteiger partial charge in [0.2, 0.25) is 5.88 Å². The highest BCUT2D eigenvalue weighted by Crippen LogP contribution is 2.23. The van der Waals surface area contributed by atoms with Crippen LogP contribution in [0.3, 0.4) is 0 Å². The molecule has 4 rings (SSSR count). The van der Waals surface area contributed by atoms with Crippen molar-refractivity contribution in [3.63, 3.8) is 0 Å². The fourth-order valence-corrected chi connectivity index (χ4v) is 3.33. The molecule has 0 saturated carbocycles. The SMILES string of the molecule is O=C(c1ccc(F)cc1Cl)N1CCC(Oc2ccc(-n3cccn3)nn2)CC1. The smallest absolute Gasteiger partial charge is 0.255 e. The Morgan fingerprint density at radius 2 is 2.00 bits per heavy atom. The van der Waals surface area contributed by atoms with E-state index in [0.29, 0.717) is 43.2 Å². The first-order valence-electron chi connectivity index (χ1n) is 8.85. The van der Waals surface area contributed by atoms with Crippen molar-refractivity contribution in [2.45, 2.75) is 18.9 Å². The average Bonchev–Trinajstić information content (AvgIpc) is 3.24. The van der Waals surface area contributed by atoms with Gasteiger partial charge in [0.05, 0.1) is 10.6 Å². The van der Waals surface area contributed by atoms with E-state index in [1.807, 2.05) is 0 Å². The molecule has 3 heterocycles. The summed E-state index contributed by atoms with van der Waals surface area (Å²) in [5.74, 6) is 0.372. The van der Waals surface area contributed by atoms with Crippen molar-refractivity contribution in [3.8, 4) is 11.7 Å². The molecule has 7 nitrogen and oxygen atoms in total. The zero-order chi connectivity index (χ0) is 19.5. The summed E-state index contributed by atoms with van der Waals surface area (Å²) in [4.78, 5) is 14.3. The molecule has 28 heavy (non-hydrogen) atoms. The normalized spacial score (nSPS) is 14.9. The van der Waals surface area contributed by atoms with Gasteiger partial charge in [-0.15, -0.1) is 10.2 Å². The summed E-state index contributed by atoms with van der Waals surface area (Å²) in [7, 11) is 0. The molecule has 0 atom stereocenters. The van der Waals surface area contributed by atoms with E-state index in [2.05, 4.69) is 15.3 Å². The van der Waals surface area contributed by atoms with Gasteiger partial charge in [-0.05, 0) is 30.3 Å². The van der Waals surface area contributed by atoms with Gasteiger partial charge in [-0.1, -0.05) is 11.6 Å². The van der Waals surface area contributed by atoms with Crippen molar-refractivity contribution in [1.29, 1.82) is 0 Å². The zero-order valence-corrected chi connectivity index (χ0v) is 15.6. The molecule has 1 aromatic carbocycles. The molecule has 1 aliphatic heterocycles. The van der Waals surface area contributed by atoms with Crippen LogP contribution < -0.4 is 4.74 Å². The molecule has 1 saturated heterocycles. The summed E-state index contributed by atoms with van der Waals surface area (Å²) >= 11 is 6.00. The highest BCUT2D eigenvalue weighted by Gasteiger charge is 2.26. The van der Waals surface area contributed by atoms with Gasteiger partial charge >= 0.3 is 0 Å². The van der Waals surface area contributed by atoms with Crippen LogP contribution in [0.4, 0.5) is 4.39 Å². The van der Waals surface area contributed by atoms with Crippen LogP contribution in [0.25, 0.3) is 5.82 Å². The molecule has 144 valence electrons. The number of aromatic nitrogens is 4. The molecule has 1 amide bonds. The number of carbonyl (C=O) groups excluding carboxylic acids is 1. The fourth-order valence-electron chi connectivity index (χ4n) is 3.08. The van der Waals surface area contributed by atoms with E-state index in [1.54, 1.807) is 40.2 Å². The van der Waals surface area contributed by atoms with E-state index in [-0.39, 0.29) is 17.0 Å². The van der Waals surface area contributed by atoms with Crippen molar-refractivity contribution in [2.24, 2.45) is 0 Å². The zero-order valence-electron chi connectivity index (χ0n) is 14.8. The Morgan fingerprint density at radius 3 is 2.64 bits per heavy atom. The standard InChI is InChI=1S/C19H17ClFN5O2/c20-16-12-13(21)2-3-15(16)19(27)25-10-6-14(7-11-25)28-18-5-4-17(23-24-18)26-9-1-8-22-26/h1-5,8-9,12,14H,6-7,10-11H2. The summed E-state index contributed by atoms with van der Waals surface area (Å²) in [6.45, 7) is 1.05. The van der Waals surface area contributed by atoms with Crippen molar-refractivity contribution < 1.29 is 13.9 Å². The number of carbonyl (C=O) groups is 1. The van der Waals surface area contributed by atoms with Crippen LogP contribution in [0.2, 0.25) is 5.02 Å². The molecular formula is C19H17ClFN5O2. The number of ether oxygens (including phenoxy) is 1. The topological polar surface area (TPSA) is 73.1 Å². The molecule has 0 spiro atoms.